The lowest BCUT2D eigenvalue weighted by Crippen LogP contribution is -2.55. The van der Waals surface area contributed by atoms with Gasteiger partial charge in [-0.25, -0.2) is 8.78 Å². The van der Waals surface area contributed by atoms with E-state index in [-0.39, 0.29) is 40.1 Å². The molecule has 1 aromatic heterocycles. The molecule has 0 spiro atoms. The number of rotatable bonds is 7. The van der Waals surface area contributed by atoms with Crippen LogP contribution in [0.15, 0.2) is 47.4 Å². The molecule has 2 unspecified atom stereocenters. The van der Waals surface area contributed by atoms with Crippen LogP contribution in [0.25, 0.3) is 11.1 Å². The second kappa shape index (κ2) is 12.3. The summed E-state index contributed by atoms with van der Waals surface area (Å²) in [7, 11) is 3.54. The van der Waals surface area contributed by atoms with E-state index >= 15 is 8.78 Å². The average molecular weight is 632 g/mol. The van der Waals surface area contributed by atoms with E-state index in [2.05, 4.69) is 15.2 Å². The van der Waals surface area contributed by atoms with Crippen LogP contribution in [0.5, 0.6) is 0 Å². The van der Waals surface area contributed by atoms with E-state index in [1.165, 1.54) is 23.1 Å². The van der Waals surface area contributed by atoms with Crippen LogP contribution in [0.2, 0.25) is 0 Å². The van der Waals surface area contributed by atoms with Gasteiger partial charge in [-0.2, -0.15) is 13.2 Å². The fraction of sp³-hybridized carbons (Fsp3) is 0.406. The molecule has 2 aliphatic rings. The Morgan fingerprint density at radius 3 is 2.27 bits per heavy atom. The molecule has 1 aliphatic carbocycles. The lowest BCUT2D eigenvalue weighted by molar-refractivity contribution is -0.138. The molecular formula is C32H34F5N5O3. The first-order valence-electron chi connectivity index (χ1n) is 14.6. The molecule has 240 valence electrons. The summed E-state index contributed by atoms with van der Waals surface area (Å²) in [5.74, 6) is -2.91. The third kappa shape index (κ3) is 6.87. The van der Waals surface area contributed by atoms with Gasteiger partial charge in [0.2, 0.25) is 5.56 Å². The highest BCUT2D eigenvalue weighted by molar-refractivity contribution is 6.07. The van der Waals surface area contributed by atoms with E-state index in [1.54, 1.807) is 7.05 Å². The third-order valence-electron chi connectivity index (χ3n) is 8.59. The summed E-state index contributed by atoms with van der Waals surface area (Å²) in [4.78, 5) is 45.3. The lowest BCUT2D eigenvalue weighted by atomic mass is 9.99. The van der Waals surface area contributed by atoms with Crippen LogP contribution >= 0.6 is 0 Å². The Morgan fingerprint density at radius 2 is 1.67 bits per heavy atom. The fourth-order valence-corrected chi connectivity index (χ4v) is 5.66. The van der Waals surface area contributed by atoms with Crippen LogP contribution in [-0.2, 0) is 6.18 Å². The number of likely N-dealkylation sites (N-methyl/N-ethyl adjacent to an activating group) is 1. The van der Waals surface area contributed by atoms with E-state index in [0.29, 0.717) is 37.8 Å². The number of hydrogen-bond acceptors (Lipinski definition) is 5. The summed E-state index contributed by atoms with van der Waals surface area (Å²) in [6.07, 6.45) is -2.29. The Hall–Kier alpha value is -4.26. The van der Waals surface area contributed by atoms with Crippen LogP contribution in [0, 0.1) is 17.6 Å². The number of halogens is 5. The van der Waals surface area contributed by atoms with Crippen LogP contribution in [-0.4, -0.2) is 72.4 Å². The summed E-state index contributed by atoms with van der Waals surface area (Å²) in [5.41, 5.74) is -3.32. The molecule has 2 atom stereocenters. The molecule has 5 rings (SSSR count). The van der Waals surface area contributed by atoms with E-state index in [4.69, 9.17) is 0 Å². The predicted molar refractivity (Wildman–Crippen MR) is 160 cm³/mol. The number of anilines is 2. The average Bonchev–Trinajstić information content (AvgIpc) is 3.79. The largest absolute Gasteiger partial charge is 0.417 e. The summed E-state index contributed by atoms with van der Waals surface area (Å²) in [5, 5.41) is 2.48. The first-order chi connectivity index (χ1) is 21.1. The summed E-state index contributed by atoms with van der Waals surface area (Å²) < 4.78 is 72.3. The van der Waals surface area contributed by atoms with Gasteiger partial charge in [0.05, 0.1) is 28.1 Å². The second-order valence-electron chi connectivity index (χ2n) is 12.0. The number of aromatic amines is 1. The maximum Gasteiger partial charge on any atom is 0.417 e. The molecular weight excluding hydrogens is 597 g/mol. The Bertz CT molecular complexity index is 1670. The number of benzene rings is 2. The van der Waals surface area contributed by atoms with Gasteiger partial charge < -0.3 is 20.1 Å². The van der Waals surface area contributed by atoms with Crippen LogP contribution < -0.4 is 15.8 Å². The maximum atomic E-state index is 15.8. The first kappa shape index (κ1) is 32.1. The molecule has 8 nitrogen and oxygen atoms in total. The Labute approximate surface area is 256 Å². The number of carbonyl (C=O) groups excluding carboxylic acids is 2. The maximum absolute atomic E-state index is 15.8. The van der Waals surface area contributed by atoms with E-state index in [1.807, 2.05) is 25.8 Å². The van der Waals surface area contributed by atoms with Crippen molar-refractivity contribution in [3.63, 3.8) is 0 Å². The lowest BCUT2D eigenvalue weighted by Gasteiger charge is -2.44. The van der Waals surface area contributed by atoms with E-state index in [0.717, 1.165) is 25.0 Å². The summed E-state index contributed by atoms with van der Waals surface area (Å²) >= 11 is 0. The van der Waals surface area contributed by atoms with Gasteiger partial charge in [0.15, 0.2) is 0 Å². The number of alkyl halides is 3. The van der Waals surface area contributed by atoms with Gasteiger partial charge in [-0.15, -0.1) is 0 Å². The monoisotopic (exact) mass is 631 g/mol. The minimum Gasteiger partial charge on any atom is -0.367 e. The topological polar surface area (TPSA) is 88.7 Å². The van der Waals surface area contributed by atoms with Crippen molar-refractivity contribution in [1.29, 1.82) is 0 Å². The van der Waals surface area contributed by atoms with Gasteiger partial charge >= 0.3 is 6.18 Å². The quantitative estimate of drug-likeness (QED) is 0.332. The molecule has 2 N–H and O–H groups in total. The second-order valence-corrected chi connectivity index (χ2v) is 12.0. The standard InChI is InChI=1S/C32H34F5N5O3/c1-17-14-42(15-18(2)41(17)4)28-12-26(34)22(20-7-8-21(25(33)9-20)31(45)40(3)16-19-5-6-19)10-27(28)39-30(44)23-13-38-29(43)11-24(23)32(35,36)37/h7-13,17-19H,5-6,14-16H2,1-4H3,(H,38,43)(H,39,44). The predicted octanol–water partition coefficient (Wildman–Crippen LogP) is 5.60. The van der Waals surface area contributed by atoms with Gasteiger partial charge in [0.1, 0.15) is 11.6 Å². The molecule has 2 amide bonds. The van der Waals surface area contributed by atoms with Crippen molar-refractivity contribution in [1.82, 2.24) is 14.8 Å². The fourth-order valence-electron chi connectivity index (χ4n) is 5.66. The normalized spacial score (nSPS) is 19.0. The Kier molecular flexibility index (Phi) is 8.76. The van der Waals surface area contributed by atoms with Gasteiger partial charge in [-0.05, 0) is 69.5 Å². The number of aromatic nitrogens is 1. The minimum atomic E-state index is -5.00. The molecule has 0 bridgehead atoms. The Morgan fingerprint density at radius 1 is 1.00 bits per heavy atom. The highest BCUT2D eigenvalue weighted by Gasteiger charge is 2.36. The van der Waals surface area contributed by atoms with Crippen molar-refractivity contribution in [2.45, 2.75) is 44.9 Å². The third-order valence-corrected chi connectivity index (χ3v) is 8.59. The van der Waals surface area contributed by atoms with E-state index < -0.39 is 46.3 Å². The molecule has 2 heterocycles. The summed E-state index contributed by atoms with van der Waals surface area (Å²) in [6, 6.07) is 6.41. The SMILES string of the molecule is CC1CN(c2cc(F)c(-c3ccc(C(=O)N(C)CC4CC4)c(F)c3)cc2NC(=O)c2c[nH]c(=O)cc2C(F)(F)F)CC(C)N1C. The minimum absolute atomic E-state index is 0.00981. The number of piperazine rings is 1. The van der Waals surface area contributed by atoms with Crippen LogP contribution in [0.3, 0.4) is 0 Å². The number of amides is 2. The van der Waals surface area contributed by atoms with Crippen molar-refractivity contribution in [3.05, 3.63) is 81.3 Å². The van der Waals surface area contributed by atoms with Crippen molar-refractivity contribution >= 4 is 23.2 Å². The van der Waals surface area contributed by atoms with Crippen molar-refractivity contribution in [3.8, 4) is 11.1 Å². The molecule has 13 heteroatoms. The highest BCUT2D eigenvalue weighted by Crippen LogP contribution is 2.38. The van der Waals surface area contributed by atoms with Gasteiger partial charge in [-0.3, -0.25) is 19.3 Å². The molecule has 0 radical (unpaired) electrons. The first-order valence-corrected chi connectivity index (χ1v) is 14.6. The number of nitrogens with zero attached hydrogens (tertiary/aromatic N) is 3. The van der Waals surface area contributed by atoms with Gasteiger partial charge in [0, 0.05) is 56.6 Å². The number of carbonyl (C=O) groups is 2. The molecule has 2 fully saturated rings. The molecule has 2 aromatic carbocycles. The zero-order chi connectivity index (χ0) is 32.8. The molecule has 45 heavy (non-hydrogen) atoms. The smallest absolute Gasteiger partial charge is 0.367 e. The van der Waals surface area contributed by atoms with Crippen LogP contribution in [0.4, 0.5) is 33.3 Å². The van der Waals surface area contributed by atoms with E-state index in [9.17, 15) is 27.6 Å². The molecule has 3 aromatic rings. The summed E-state index contributed by atoms with van der Waals surface area (Å²) in [6.45, 7) is 5.29. The van der Waals surface area contributed by atoms with Crippen molar-refractivity contribution < 1.29 is 31.5 Å². The van der Waals surface area contributed by atoms with Gasteiger partial charge in [0.25, 0.3) is 11.8 Å². The highest BCUT2D eigenvalue weighted by atomic mass is 19.4. The number of nitrogens with one attached hydrogen (secondary N) is 2. The molecule has 1 saturated carbocycles. The Balaban J connectivity index is 1.55. The van der Waals surface area contributed by atoms with Crippen molar-refractivity contribution in [2.75, 3.05) is 43.9 Å². The molecule has 1 aliphatic heterocycles. The van der Waals surface area contributed by atoms with Crippen molar-refractivity contribution in [2.24, 2.45) is 5.92 Å². The molecule has 1 saturated heterocycles. The zero-order valence-corrected chi connectivity index (χ0v) is 25.3. The van der Waals surface area contributed by atoms with Crippen LogP contribution in [0.1, 0.15) is 53.0 Å². The van der Waals surface area contributed by atoms with Gasteiger partial charge in [-0.1, -0.05) is 6.07 Å². The number of pyridine rings is 1. The number of hydrogen-bond donors (Lipinski definition) is 2. The number of H-pyrrole nitrogens is 1. The zero-order valence-electron chi connectivity index (χ0n) is 25.3.